The molecule has 3 nitrogen and oxygen atoms in total. The number of hydrogen-bond donors (Lipinski definition) is 2. The zero-order valence-electron chi connectivity index (χ0n) is 6.07. The second-order valence-corrected chi connectivity index (χ2v) is 1.83. The Morgan fingerprint density at radius 1 is 1.67 bits per heavy atom. The molecule has 1 radical (unpaired) electrons. The van der Waals surface area contributed by atoms with Gasteiger partial charge in [0.2, 0.25) is 5.96 Å². The summed E-state index contributed by atoms with van der Waals surface area (Å²) in [5.41, 5.74) is 0. The van der Waals surface area contributed by atoms with E-state index in [0.717, 1.165) is 19.4 Å². The molecule has 0 atom stereocenters. The van der Waals surface area contributed by atoms with Gasteiger partial charge in [0.1, 0.15) is 0 Å². The van der Waals surface area contributed by atoms with E-state index in [1.54, 1.807) is 7.05 Å². The average molecular weight is 128 g/mol. The van der Waals surface area contributed by atoms with Crippen LogP contribution in [0.5, 0.6) is 0 Å². The van der Waals surface area contributed by atoms with E-state index in [0.29, 0.717) is 0 Å². The normalized spacial score (nSPS) is 8.67. The monoisotopic (exact) mass is 128 g/mol. The third-order valence-electron chi connectivity index (χ3n) is 1.02. The fourth-order valence-corrected chi connectivity index (χ4v) is 0.428. The van der Waals surface area contributed by atoms with Gasteiger partial charge in [-0.15, -0.1) is 0 Å². The molecule has 0 heterocycles. The second kappa shape index (κ2) is 5.41. The molecule has 0 aromatic rings. The lowest BCUT2D eigenvalue weighted by atomic mass is 10.3. The molecule has 0 saturated heterocycles. The Bertz CT molecular complexity index is 80.4. The van der Waals surface area contributed by atoms with Crippen molar-refractivity contribution in [2.75, 3.05) is 13.6 Å². The Labute approximate surface area is 56.3 Å². The van der Waals surface area contributed by atoms with Gasteiger partial charge in [0, 0.05) is 13.6 Å². The van der Waals surface area contributed by atoms with E-state index < -0.39 is 0 Å². The molecular formula is C6H14N3. The topological polar surface area (TPSA) is 50.0 Å². The quantitative estimate of drug-likeness (QED) is 0.325. The Morgan fingerprint density at radius 3 is 2.78 bits per heavy atom. The molecule has 0 unspecified atom stereocenters. The number of nitrogens with one attached hydrogen (secondary N) is 2. The molecule has 0 aromatic heterocycles. The molecule has 0 spiro atoms. The largest absolute Gasteiger partial charge is 0.358 e. The zero-order chi connectivity index (χ0) is 7.11. The highest BCUT2D eigenvalue weighted by atomic mass is 15.1. The predicted octanol–water partition coefficient (Wildman–Crippen LogP) is 0.545. The van der Waals surface area contributed by atoms with Crippen LogP contribution in [0.15, 0.2) is 0 Å². The van der Waals surface area contributed by atoms with Crippen LogP contribution in [0, 0.1) is 5.41 Å². The average Bonchev–Trinajstić information content (AvgIpc) is 1.89. The summed E-state index contributed by atoms with van der Waals surface area (Å²) in [4.78, 5) is 0. The third kappa shape index (κ3) is 5.14. The van der Waals surface area contributed by atoms with Gasteiger partial charge in [-0.25, -0.2) is 0 Å². The predicted molar refractivity (Wildman–Crippen MR) is 38.7 cm³/mol. The molecule has 0 aliphatic carbocycles. The maximum absolute atomic E-state index is 7.04. The number of unbranched alkanes of at least 4 members (excludes halogenated alkanes) is 1. The van der Waals surface area contributed by atoms with Crippen LogP contribution in [0.2, 0.25) is 0 Å². The second-order valence-electron chi connectivity index (χ2n) is 1.83. The van der Waals surface area contributed by atoms with Gasteiger partial charge in [0.25, 0.3) is 0 Å². The molecule has 0 aliphatic heterocycles. The van der Waals surface area contributed by atoms with Gasteiger partial charge in [-0.05, 0) is 6.42 Å². The van der Waals surface area contributed by atoms with Gasteiger partial charge in [-0.3, -0.25) is 10.7 Å². The summed E-state index contributed by atoms with van der Waals surface area (Å²) in [7, 11) is 1.71. The molecule has 0 bridgehead atoms. The SMILES string of the molecule is CCCC[N]C(=N)NC. The number of nitrogens with zero attached hydrogens (tertiary/aromatic N) is 1. The summed E-state index contributed by atoms with van der Waals surface area (Å²) in [6.45, 7) is 2.88. The highest BCUT2D eigenvalue weighted by Crippen LogP contribution is 1.82. The fraction of sp³-hybridized carbons (Fsp3) is 0.833. The van der Waals surface area contributed by atoms with Crippen molar-refractivity contribution in [1.82, 2.24) is 10.6 Å². The van der Waals surface area contributed by atoms with E-state index in [4.69, 9.17) is 5.41 Å². The van der Waals surface area contributed by atoms with Crippen molar-refractivity contribution < 1.29 is 0 Å². The first kappa shape index (κ1) is 8.27. The first-order valence-corrected chi connectivity index (χ1v) is 3.25. The van der Waals surface area contributed by atoms with Crippen LogP contribution < -0.4 is 10.6 Å². The highest BCUT2D eigenvalue weighted by Gasteiger charge is 1.89. The van der Waals surface area contributed by atoms with Crippen molar-refractivity contribution in [3.63, 3.8) is 0 Å². The molecule has 2 N–H and O–H groups in total. The van der Waals surface area contributed by atoms with Crippen LogP contribution in [0.3, 0.4) is 0 Å². The van der Waals surface area contributed by atoms with Gasteiger partial charge >= 0.3 is 0 Å². The van der Waals surface area contributed by atoms with Crippen molar-refractivity contribution in [3.8, 4) is 0 Å². The molecule has 53 valence electrons. The van der Waals surface area contributed by atoms with Crippen LogP contribution in [-0.2, 0) is 0 Å². The summed E-state index contributed by atoms with van der Waals surface area (Å²) in [6.07, 6.45) is 2.21. The van der Waals surface area contributed by atoms with Crippen LogP contribution in [-0.4, -0.2) is 19.6 Å². The van der Waals surface area contributed by atoms with Gasteiger partial charge in [0.05, 0.1) is 0 Å². The molecule has 9 heavy (non-hydrogen) atoms. The zero-order valence-corrected chi connectivity index (χ0v) is 6.07. The lowest BCUT2D eigenvalue weighted by molar-refractivity contribution is 0.732. The molecule has 0 amide bonds. The molecule has 0 fully saturated rings. The summed E-state index contributed by atoms with van der Waals surface area (Å²) >= 11 is 0. The van der Waals surface area contributed by atoms with Gasteiger partial charge in [0.15, 0.2) is 0 Å². The highest BCUT2D eigenvalue weighted by molar-refractivity contribution is 5.75. The summed E-state index contributed by atoms with van der Waals surface area (Å²) in [6, 6.07) is 0. The third-order valence-corrected chi connectivity index (χ3v) is 1.02. The summed E-state index contributed by atoms with van der Waals surface area (Å²) < 4.78 is 0. The van der Waals surface area contributed by atoms with Gasteiger partial charge < -0.3 is 5.32 Å². The smallest absolute Gasteiger partial charge is 0.210 e. The molecule has 0 saturated carbocycles. The van der Waals surface area contributed by atoms with E-state index in [-0.39, 0.29) is 5.96 Å². The molecule has 0 rings (SSSR count). The van der Waals surface area contributed by atoms with E-state index >= 15 is 0 Å². The van der Waals surface area contributed by atoms with E-state index in [2.05, 4.69) is 17.6 Å². The van der Waals surface area contributed by atoms with E-state index in [1.165, 1.54) is 0 Å². The standard InChI is InChI=1S/C6H14N3/c1-3-4-5-9-6(7)8-2/h3-5H2,1-2H3,(H2,7,8). The van der Waals surface area contributed by atoms with Crippen molar-refractivity contribution >= 4 is 5.96 Å². The summed E-state index contributed by atoms with van der Waals surface area (Å²) in [5, 5.41) is 13.6. The van der Waals surface area contributed by atoms with Gasteiger partial charge in [-0.1, -0.05) is 13.3 Å². The van der Waals surface area contributed by atoms with Gasteiger partial charge in [-0.2, -0.15) is 0 Å². The Morgan fingerprint density at radius 2 is 2.33 bits per heavy atom. The lowest BCUT2D eigenvalue weighted by Gasteiger charge is -2.00. The Balaban J connectivity index is 2.97. The molecule has 3 heteroatoms. The summed E-state index contributed by atoms with van der Waals surface area (Å²) in [5.74, 6) is 0.281. The maximum Gasteiger partial charge on any atom is 0.210 e. The van der Waals surface area contributed by atoms with E-state index in [1.807, 2.05) is 0 Å². The number of hydrogen-bond acceptors (Lipinski definition) is 1. The van der Waals surface area contributed by atoms with E-state index in [9.17, 15) is 0 Å². The Hall–Kier alpha value is -0.730. The number of rotatable bonds is 3. The number of guanidine groups is 1. The van der Waals surface area contributed by atoms with Crippen LogP contribution in [0.25, 0.3) is 0 Å². The molecule has 0 aliphatic rings. The first-order chi connectivity index (χ1) is 4.31. The van der Waals surface area contributed by atoms with Crippen molar-refractivity contribution in [2.45, 2.75) is 19.8 Å². The molecular weight excluding hydrogens is 114 g/mol. The fourth-order valence-electron chi connectivity index (χ4n) is 0.428. The minimum Gasteiger partial charge on any atom is -0.358 e. The van der Waals surface area contributed by atoms with Crippen molar-refractivity contribution in [1.29, 1.82) is 5.41 Å². The Kier molecular flexibility index (Phi) is 4.97. The molecule has 0 aromatic carbocycles. The van der Waals surface area contributed by atoms with Crippen molar-refractivity contribution in [2.24, 2.45) is 0 Å². The van der Waals surface area contributed by atoms with Crippen molar-refractivity contribution in [3.05, 3.63) is 0 Å². The first-order valence-electron chi connectivity index (χ1n) is 3.25. The lowest BCUT2D eigenvalue weighted by Crippen LogP contribution is -2.28. The van der Waals surface area contributed by atoms with Crippen LogP contribution in [0.4, 0.5) is 0 Å². The minimum absolute atomic E-state index is 0.281. The van der Waals surface area contributed by atoms with Crippen LogP contribution >= 0.6 is 0 Å². The van der Waals surface area contributed by atoms with Crippen LogP contribution in [0.1, 0.15) is 19.8 Å². The minimum atomic E-state index is 0.281. The maximum atomic E-state index is 7.04.